The number of benzene rings is 3. The number of amides is 1. The highest BCUT2D eigenvalue weighted by Crippen LogP contribution is 2.37. The predicted molar refractivity (Wildman–Crippen MR) is 140 cm³/mol. The molecule has 1 aliphatic carbocycles. The van der Waals surface area contributed by atoms with Crippen LogP contribution in [0.5, 0.6) is 5.75 Å². The van der Waals surface area contributed by atoms with E-state index in [2.05, 4.69) is 0 Å². The molecule has 0 unspecified atom stereocenters. The minimum atomic E-state index is -1.08. The molecule has 1 saturated carbocycles. The van der Waals surface area contributed by atoms with Crippen LogP contribution in [0, 0.1) is 12.7 Å². The first-order valence-corrected chi connectivity index (χ1v) is 13.1. The second-order valence-electron chi connectivity index (χ2n) is 10.1. The van der Waals surface area contributed by atoms with Crippen LogP contribution < -0.4 is 4.74 Å². The molecule has 0 saturated heterocycles. The minimum absolute atomic E-state index is 0.0880. The van der Waals surface area contributed by atoms with E-state index in [1.165, 1.54) is 17.0 Å². The van der Waals surface area contributed by atoms with Crippen molar-refractivity contribution >= 4 is 11.9 Å². The summed E-state index contributed by atoms with van der Waals surface area (Å²) in [6, 6.07) is 18.3. The predicted octanol–water partition coefficient (Wildman–Crippen LogP) is 5.75. The van der Waals surface area contributed by atoms with Crippen molar-refractivity contribution < 1.29 is 28.6 Å². The largest absolute Gasteiger partial charge is 0.488 e. The Hall–Kier alpha value is -3.71. The maximum Gasteiger partial charge on any atom is 0.326 e. The van der Waals surface area contributed by atoms with Crippen LogP contribution in [0.15, 0.2) is 66.7 Å². The average Bonchev–Trinajstić information content (AvgIpc) is 3.44. The van der Waals surface area contributed by atoms with Crippen LogP contribution in [0.1, 0.15) is 59.6 Å². The summed E-state index contributed by atoms with van der Waals surface area (Å²) in [4.78, 5) is 27.8. The number of hydrogen-bond acceptors (Lipinski definition) is 4. The van der Waals surface area contributed by atoms with E-state index >= 15 is 0 Å². The van der Waals surface area contributed by atoms with E-state index in [4.69, 9.17) is 9.47 Å². The number of aliphatic carboxylic acids is 1. The van der Waals surface area contributed by atoms with Crippen molar-refractivity contribution in [3.8, 4) is 5.75 Å². The number of carbonyl (C=O) groups excluding carboxylic acids is 1. The van der Waals surface area contributed by atoms with Gasteiger partial charge in [0.2, 0.25) is 0 Å². The Balaban J connectivity index is 1.45. The maximum atomic E-state index is 14.0. The molecular weight excluding hydrogens is 485 g/mol. The third-order valence-electron chi connectivity index (χ3n) is 7.49. The molecule has 1 N–H and O–H groups in total. The Morgan fingerprint density at radius 1 is 1.03 bits per heavy atom. The zero-order chi connectivity index (χ0) is 26.6. The molecule has 1 aliphatic heterocycles. The lowest BCUT2D eigenvalue weighted by molar-refractivity contribution is -0.160. The third kappa shape index (κ3) is 5.58. The van der Waals surface area contributed by atoms with Crippen LogP contribution >= 0.6 is 0 Å². The van der Waals surface area contributed by atoms with Gasteiger partial charge in [-0.3, -0.25) is 4.79 Å². The van der Waals surface area contributed by atoms with Crippen LogP contribution in [0.3, 0.4) is 0 Å². The summed E-state index contributed by atoms with van der Waals surface area (Å²) in [5.41, 5.74) is 4.11. The van der Waals surface area contributed by atoms with Gasteiger partial charge in [0, 0.05) is 18.5 Å². The Kier molecular flexibility index (Phi) is 7.74. The van der Waals surface area contributed by atoms with Crippen molar-refractivity contribution in [3.05, 3.63) is 100 Å². The maximum absolute atomic E-state index is 14.0. The molecule has 0 spiro atoms. The van der Waals surface area contributed by atoms with Gasteiger partial charge in [-0.1, -0.05) is 67.4 Å². The fraction of sp³-hybridized carbons (Fsp3) is 0.355. The molecular formula is C31H32FNO5. The van der Waals surface area contributed by atoms with Crippen LogP contribution in [-0.4, -0.2) is 34.0 Å². The van der Waals surface area contributed by atoms with E-state index in [1.807, 2.05) is 49.4 Å². The molecule has 2 atom stereocenters. The number of carboxylic acid groups (broad SMARTS) is 1. The zero-order valence-corrected chi connectivity index (χ0v) is 21.4. The van der Waals surface area contributed by atoms with E-state index in [0.717, 1.165) is 47.9 Å². The summed E-state index contributed by atoms with van der Waals surface area (Å²) in [6.07, 6.45) is 2.78. The molecule has 0 radical (unpaired) electrons. The second-order valence-corrected chi connectivity index (χ2v) is 10.1. The zero-order valence-electron chi connectivity index (χ0n) is 21.4. The van der Waals surface area contributed by atoms with Gasteiger partial charge in [0.15, 0.2) is 6.10 Å². The van der Waals surface area contributed by atoms with Crippen molar-refractivity contribution in [2.75, 3.05) is 0 Å². The number of carbonyl (C=O) groups is 2. The van der Waals surface area contributed by atoms with Gasteiger partial charge in [-0.05, 0) is 54.2 Å². The summed E-state index contributed by atoms with van der Waals surface area (Å²) in [6.45, 7) is 2.42. The number of aryl methyl sites for hydroxylation is 1. The SMILES string of the molecule is Cc1ccc2c(c1OCc1ccccc1)C[C@@H](C(=O)O)N(C(=O)[C@H](OC1CCCC1)c1ccc(F)cc1)C2. The summed E-state index contributed by atoms with van der Waals surface area (Å²) in [7, 11) is 0. The summed E-state index contributed by atoms with van der Waals surface area (Å²) >= 11 is 0. The van der Waals surface area contributed by atoms with E-state index in [9.17, 15) is 19.1 Å². The number of rotatable bonds is 8. The lowest BCUT2D eigenvalue weighted by Gasteiger charge is -2.38. The molecule has 1 fully saturated rings. The van der Waals surface area contributed by atoms with Crippen molar-refractivity contribution in [1.29, 1.82) is 0 Å². The highest BCUT2D eigenvalue weighted by molar-refractivity contribution is 5.88. The fourth-order valence-electron chi connectivity index (χ4n) is 5.42. The van der Waals surface area contributed by atoms with E-state index in [1.54, 1.807) is 12.1 Å². The van der Waals surface area contributed by atoms with E-state index < -0.39 is 29.8 Å². The van der Waals surface area contributed by atoms with Crippen molar-refractivity contribution in [1.82, 2.24) is 4.90 Å². The monoisotopic (exact) mass is 517 g/mol. The van der Waals surface area contributed by atoms with Crippen molar-refractivity contribution in [2.45, 2.75) is 70.4 Å². The molecule has 1 amide bonds. The number of carboxylic acids is 1. The minimum Gasteiger partial charge on any atom is -0.488 e. The lowest BCUT2D eigenvalue weighted by atomic mass is 9.90. The molecule has 1 heterocycles. The molecule has 6 nitrogen and oxygen atoms in total. The molecule has 3 aromatic carbocycles. The molecule has 0 bridgehead atoms. The van der Waals surface area contributed by atoms with Gasteiger partial charge < -0.3 is 19.5 Å². The van der Waals surface area contributed by atoms with Gasteiger partial charge in [-0.2, -0.15) is 0 Å². The van der Waals surface area contributed by atoms with Crippen LogP contribution in [0.2, 0.25) is 0 Å². The van der Waals surface area contributed by atoms with Crippen LogP contribution in [0.25, 0.3) is 0 Å². The first-order valence-electron chi connectivity index (χ1n) is 13.1. The number of ether oxygens (including phenoxy) is 2. The Bertz CT molecular complexity index is 1290. The quantitative estimate of drug-likeness (QED) is 0.412. The average molecular weight is 518 g/mol. The Morgan fingerprint density at radius 3 is 2.42 bits per heavy atom. The van der Waals surface area contributed by atoms with Crippen molar-refractivity contribution in [2.24, 2.45) is 0 Å². The highest BCUT2D eigenvalue weighted by atomic mass is 19.1. The number of nitrogens with zero attached hydrogens (tertiary/aromatic N) is 1. The molecule has 38 heavy (non-hydrogen) atoms. The molecule has 2 aliphatic rings. The van der Waals surface area contributed by atoms with E-state index in [-0.39, 0.29) is 19.1 Å². The fourth-order valence-corrected chi connectivity index (χ4v) is 5.42. The molecule has 7 heteroatoms. The Morgan fingerprint density at radius 2 is 1.74 bits per heavy atom. The second kappa shape index (κ2) is 11.4. The van der Waals surface area contributed by atoms with Crippen LogP contribution in [-0.2, 0) is 33.9 Å². The number of hydrogen-bond donors (Lipinski definition) is 1. The van der Waals surface area contributed by atoms with Crippen LogP contribution in [0.4, 0.5) is 4.39 Å². The standard InChI is InChI=1S/C31H32FNO5/c1-20-11-12-23-18-33(27(31(35)36)17-26(23)28(20)37-19-21-7-3-2-4-8-21)30(34)29(38-25-9-5-6-10-25)22-13-15-24(32)16-14-22/h2-4,7-8,11-16,25,27,29H,5-6,9-10,17-19H2,1H3,(H,35,36)/t27-,29+/m0/s1. The van der Waals surface area contributed by atoms with Gasteiger partial charge in [0.05, 0.1) is 6.10 Å². The lowest BCUT2D eigenvalue weighted by Crippen LogP contribution is -2.50. The molecule has 0 aromatic heterocycles. The molecule has 198 valence electrons. The summed E-state index contributed by atoms with van der Waals surface area (Å²) < 4.78 is 26.1. The normalized spacial score (nSPS) is 18.2. The van der Waals surface area contributed by atoms with Gasteiger partial charge in [0.25, 0.3) is 5.91 Å². The number of halogens is 1. The first kappa shape index (κ1) is 25.9. The number of fused-ring (bicyclic) bond motifs is 1. The Labute approximate surface area is 222 Å². The highest BCUT2D eigenvalue weighted by Gasteiger charge is 2.40. The summed E-state index contributed by atoms with van der Waals surface area (Å²) in [5.74, 6) is -1.25. The van der Waals surface area contributed by atoms with Gasteiger partial charge >= 0.3 is 5.97 Å². The van der Waals surface area contributed by atoms with Crippen molar-refractivity contribution in [3.63, 3.8) is 0 Å². The van der Waals surface area contributed by atoms with Gasteiger partial charge in [0.1, 0.15) is 24.2 Å². The smallest absolute Gasteiger partial charge is 0.326 e. The van der Waals surface area contributed by atoms with Gasteiger partial charge in [-0.15, -0.1) is 0 Å². The first-order chi connectivity index (χ1) is 18.4. The summed E-state index contributed by atoms with van der Waals surface area (Å²) in [5, 5.41) is 10.2. The van der Waals surface area contributed by atoms with Gasteiger partial charge in [-0.25, -0.2) is 9.18 Å². The van der Waals surface area contributed by atoms with E-state index in [0.29, 0.717) is 17.9 Å². The topological polar surface area (TPSA) is 76.1 Å². The molecule has 3 aromatic rings. The third-order valence-corrected chi connectivity index (χ3v) is 7.49. The molecule has 5 rings (SSSR count).